The van der Waals surface area contributed by atoms with E-state index in [4.69, 9.17) is 14.3 Å². The lowest BCUT2D eigenvalue weighted by Gasteiger charge is -2.40. The molecule has 2 aromatic rings. The van der Waals surface area contributed by atoms with Crippen molar-refractivity contribution in [2.24, 2.45) is 0 Å². The van der Waals surface area contributed by atoms with Crippen LogP contribution >= 0.6 is 0 Å². The summed E-state index contributed by atoms with van der Waals surface area (Å²) in [5, 5.41) is 20.7. The van der Waals surface area contributed by atoms with Crippen molar-refractivity contribution >= 4 is 29.8 Å². The number of carbonyl (C=O) groups is 5. The van der Waals surface area contributed by atoms with Crippen LogP contribution in [-0.4, -0.2) is 105 Å². The van der Waals surface area contributed by atoms with Crippen LogP contribution in [0, 0.1) is 0 Å². The smallest absolute Gasteiger partial charge is 0.481 e. The third-order valence-electron chi connectivity index (χ3n) is 7.47. The zero-order valence-electron chi connectivity index (χ0n) is 25.7. The molecule has 0 bridgehead atoms. The van der Waals surface area contributed by atoms with Crippen molar-refractivity contribution in [1.82, 2.24) is 30.4 Å². The zero-order valence-corrected chi connectivity index (χ0v) is 25.7. The number of carboxylic acid groups (broad SMARTS) is 1. The number of carbonyl (C=O) groups excluding carboxylic acids is 4. The molecular weight excluding hydrogens is 588 g/mol. The van der Waals surface area contributed by atoms with Gasteiger partial charge >= 0.3 is 12.1 Å². The first-order valence-electron chi connectivity index (χ1n) is 15.1. The Balaban J connectivity index is 1.52. The van der Waals surface area contributed by atoms with Crippen LogP contribution in [0.1, 0.15) is 63.4 Å². The third-order valence-corrected chi connectivity index (χ3v) is 7.47. The Labute approximate surface area is 260 Å². The number of benzene rings is 1. The Morgan fingerprint density at radius 3 is 2.29 bits per heavy atom. The summed E-state index contributed by atoms with van der Waals surface area (Å²) in [7, 11) is 0. The van der Waals surface area contributed by atoms with Gasteiger partial charge in [0, 0.05) is 31.6 Å². The van der Waals surface area contributed by atoms with Crippen molar-refractivity contribution in [2.45, 2.75) is 70.6 Å². The molecule has 1 saturated carbocycles. The molecule has 15 heteroatoms. The van der Waals surface area contributed by atoms with E-state index in [1.807, 2.05) is 19.9 Å². The van der Waals surface area contributed by atoms with E-state index in [0.717, 1.165) is 6.42 Å². The first-order chi connectivity index (χ1) is 21.5. The normalized spacial score (nSPS) is 16.7. The van der Waals surface area contributed by atoms with Crippen molar-refractivity contribution in [3.63, 3.8) is 0 Å². The molecule has 2 heterocycles. The molecule has 1 aromatic heterocycles. The molecule has 3 N–H and O–H groups in total. The van der Waals surface area contributed by atoms with Crippen LogP contribution in [0.5, 0.6) is 5.88 Å². The molecule has 1 atom stereocenters. The first kappa shape index (κ1) is 33.2. The maximum Gasteiger partial charge on any atom is 0.527 e. The molecule has 0 spiro atoms. The van der Waals surface area contributed by atoms with E-state index in [9.17, 15) is 29.1 Å². The molecule has 3 amide bonds. The predicted molar refractivity (Wildman–Crippen MR) is 158 cm³/mol. The van der Waals surface area contributed by atoms with Crippen LogP contribution in [0.4, 0.5) is 4.79 Å². The van der Waals surface area contributed by atoms with Crippen LogP contribution < -0.4 is 15.4 Å². The van der Waals surface area contributed by atoms with Crippen molar-refractivity contribution in [3.8, 4) is 11.6 Å². The molecule has 4 rings (SSSR count). The molecular formula is C30H40N6O9. The Hall–Kier alpha value is -4.66. The summed E-state index contributed by atoms with van der Waals surface area (Å²) in [6.07, 6.45) is 0.442. The second-order valence-corrected chi connectivity index (χ2v) is 11.2. The number of hydrogen-bond acceptors (Lipinski definition) is 10. The molecule has 244 valence electrons. The highest BCUT2D eigenvalue weighted by molar-refractivity contribution is 5.96. The van der Waals surface area contributed by atoms with Crippen molar-refractivity contribution in [2.75, 3.05) is 32.8 Å². The van der Waals surface area contributed by atoms with E-state index < -0.39 is 35.6 Å². The van der Waals surface area contributed by atoms with Gasteiger partial charge in [-0.1, -0.05) is 18.2 Å². The molecule has 1 aliphatic heterocycles. The van der Waals surface area contributed by atoms with Gasteiger partial charge in [-0.2, -0.15) is 5.10 Å². The zero-order chi connectivity index (χ0) is 32.6. The highest BCUT2D eigenvalue weighted by Crippen LogP contribution is 2.38. The van der Waals surface area contributed by atoms with Crippen LogP contribution in [0.2, 0.25) is 0 Å². The number of aromatic nitrogens is 2. The Morgan fingerprint density at radius 2 is 1.71 bits per heavy atom. The summed E-state index contributed by atoms with van der Waals surface area (Å²) in [5.41, 5.74) is -0.593. The fourth-order valence-electron chi connectivity index (χ4n) is 5.00. The molecule has 2 aliphatic rings. The second kappa shape index (κ2) is 14.9. The average Bonchev–Trinajstić information content (AvgIpc) is 3.41. The van der Waals surface area contributed by atoms with Gasteiger partial charge in [-0.05, 0) is 58.6 Å². The number of para-hydroxylation sites is 1. The van der Waals surface area contributed by atoms with E-state index in [-0.39, 0.29) is 69.2 Å². The third kappa shape index (κ3) is 8.50. The number of nitrogens with one attached hydrogen (secondary N) is 2. The molecule has 45 heavy (non-hydrogen) atoms. The van der Waals surface area contributed by atoms with Gasteiger partial charge in [-0.25, -0.2) is 9.48 Å². The molecule has 1 aliphatic carbocycles. The summed E-state index contributed by atoms with van der Waals surface area (Å²) < 4.78 is 12.5. The Bertz CT molecular complexity index is 1370. The van der Waals surface area contributed by atoms with Crippen molar-refractivity contribution < 1.29 is 43.4 Å². The van der Waals surface area contributed by atoms with Gasteiger partial charge in [0.1, 0.15) is 6.04 Å². The number of nitrogens with zero attached hydrogens (tertiary/aromatic N) is 4. The number of aliphatic carboxylic acids is 1. The van der Waals surface area contributed by atoms with Crippen molar-refractivity contribution in [3.05, 3.63) is 42.1 Å². The molecule has 1 aromatic carbocycles. The molecule has 2 fully saturated rings. The second-order valence-electron chi connectivity index (χ2n) is 11.2. The van der Waals surface area contributed by atoms with Gasteiger partial charge in [-0.3, -0.25) is 19.2 Å². The number of hydroxylamine groups is 2. The van der Waals surface area contributed by atoms with Gasteiger partial charge < -0.3 is 35.0 Å². The Kier molecular flexibility index (Phi) is 11.0. The highest BCUT2D eigenvalue weighted by atomic mass is 16.8. The molecule has 0 unspecified atom stereocenters. The summed E-state index contributed by atoms with van der Waals surface area (Å²) in [6, 6.07) is 9.12. The average molecular weight is 629 g/mol. The summed E-state index contributed by atoms with van der Waals surface area (Å²) in [5.74, 6) is -2.38. The first-order valence-corrected chi connectivity index (χ1v) is 15.1. The number of ether oxygens (including phenoxy) is 2. The van der Waals surface area contributed by atoms with Gasteiger partial charge in [0.25, 0.3) is 11.8 Å². The molecule has 15 nitrogen and oxygen atoms in total. The number of rotatable bonds is 13. The topological polar surface area (TPSA) is 182 Å². The summed E-state index contributed by atoms with van der Waals surface area (Å²) in [6.45, 7) is 6.31. The highest BCUT2D eigenvalue weighted by Gasteiger charge is 2.48. The standard InChI is InChI=1S/C30H40N6O9/c1-4-43-29(42)45-35-17-15-34(16-18-35)27(40)22(11-12-25(37)38)32-26(39)23-19-24(36(33-23)21-9-6-5-7-10-21)44-30(13-8-14-30)28(41)31-20(2)3/h5-7,9-10,19-20,22H,4,8,11-18H2,1-3H3,(H,31,41)(H,32,39)(H,37,38)/t22-/m0/s1. The maximum atomic E-state index is 13.5. The van der Waals surface area contributed by atoms with Gasteiger partial charge in [-0.15, -0.1) is 5.06 Å². The predicted octanol–water partition coefficient (Wildman–Crippen LogP) is 1.89. The van der Waals surface area contributed by atoms with Crippen molar-refractivity contribution in [1.29, 1.82) is 0 Å². The van der Waals surface area contributed by atoms with Gasteiger partial charge in [0.2, 0.25) is 11.8 Å². The lowest BCUT2D eigenvalue weighted by atomic mass is 9.79. The lowest BCUT2D eigenvalue weighted by molar-refractivity contribution is -0.157. The van der Waals surface area contributed by atoms with E-state index in [0.29, 0.717) is 18.5 Å². The van der Waals surface area contributed by atoms with Crippen LogP contribution in [0.15, 0.2) is 36.4 Å². The van der Waals surface area contributed by atoms with Gasteiger partial charge in [0.15, 0.2) is 11.3 Å². The number of piperazine rings is 1. The van der Waals surface area contributed by atoms with E-state index >= 15 is 0 Å². The molecule has 0 radical (unpaired) electrons. The fraction of sp³-hybridized carbons (Fsp3) is 0.533. The minimum Gasteiger partial charge on any atom is -0.481 e. The maximum absolute atomic E-state index is 13.5. The quantitative estimate of drug-likeness (QED) is 0.276. The number of amides is 3. The summed E-state index contributed by atoms with van der Waals surface area (Å²) >= 11 is 0. The minimum absolute atomic E-state index is 0.0756. The van der Waals surface area contributed by atoms with Crippen LogP contribution in [0.25, 0.3) is 5.69 Å². The lowest BCUT2D eigenvalue weighted by Crippen LogP contribution is -2.57. The largest absolute Gasteiger partial charge is 0.527 e. The SMILES string of the molecule is CCOC(=O)ON1CCN(C(=O)[C@H](CCC(=O)O)NC(=O)c2cc(OC3(C(=O)NC(C)C)CCC3)n(-c3ccccc3)n2)CC1. The van der Waals surface area contributed by atoms with Crippen LogP contribution in [-0.2, 0) is 24.0 Å². The monoisotopic (exact) mass is 628 g/mol. The minimum atomic E-state index is -1.16. The summed E-state index contributed by atoms with van der Waals surface area (Å²) in [4.78, 5) is 69.7. The van der Waals surface area contributed by atoms with Crippen LogP contribution in [0.3, 0.4) is 0 Å². The number of carboxylic acids is 1. The Morgan fingerprint density at radius 1 is 1.02 bits per heavy atom. The van der Waals surface area contributed by atoms with E-state index in [2.05, 4.69) is 15.7 Å². The molecule has 1 saturated heterocycles. The van der Waals surface area contributed by atoms with Gasteiger partial charge in [0.05, 0.1) is 25.4 Å². The number of hydrogen-bond donors (Lipinski definition) is 3. The van der Waals surface area contributed by atoms with E-state index in [1.165, 1.54) is 20.7 Å². The van der Waals surface area contributed by atoms with E-state index in [1.54, 1.807) is 31.2 Å². The fourth-order valence-corrected chi connectivity index (χ4v) is 5.00.